The summed E-state index contributed by atoms with van der Waals surface area (Å²) in [4.78, 5) is 12.0. The number of rotatable bonds is 2. The smallest absolute Gasteiger partial charge is 0.255 e. The number of nitrogens with one attached hydrogen (secondary N) is 1. The molecule has 0 spiro atoms. The van der Waals surface area contributed by atoms with Gasteiger partial charge in [0.2, 0.25) is 0 Å². The van der Waals surface area contributed by atoms with E-state index in [2.05, 4.69) is 27.9 Å². The Morgan fingerprint density at radius 1 is 1.33 bits per heavy atom. The number of amides is 1. The van der Waals surface area contributed by atoms with Crippen LogP contribution in [0.5, 0.6) is 5.75 Å². The summed E-state index contributed by atoms with van der Waals surface area (Å²) in [7, 11) is 0. The first-order valence-electron chi connectivity index (χ1n) is 6.05. The molecule has 4 nitrogen and oxygen atoms in total. The van der Waals surface area contributed by atoms with Gasteiger partial charge in [-0.1, -0.05) is 12.8 Å². The monoisotopic (exact) mass is 361 g/mol. The molecule has 0 bridgehead atoms. The zero-order valence-corrected chi connectivity index (χ0v) is 12.1. The van der Waals surface area contributed by atoms with Crippen LogP contribution in [0.25, 0.3) is 0 Å². The number of hydrogen-bond donors (Lipinski definition) is 3. The van der Waals surface area contributed by atoms with Crippen molar-refractivity contribution in [3.8, 4) is 5.75 Å². The Morgan fingerprint density at radius 3 is 2.78 bits per heavy atom. The number of carbonyl (C=O) groups excluding carboxylic acids is 1. The largest absolute Gasteiger partial charge is 0.507 e. The molecule has 1 fully saturated rings. The third kappa shape index (κ3) is 3.14. The average molecular weight is 361 g/mol. The fourth-order valence-electron chi connectivity index (χ4n) is 2.22. The minimum absolute atomic E-state index is 0.0294. The Kier molecular flexibility index (Phi) is 4.45. The van der Waals surface area contributed by atoms with Crippen molar-refractivity contribution in [1.29, 1.82) is 0 Å². The lowest BCUT2D eigenvalue weighted by Crippen LogP contribution is -2.45. The quantitative estimate of drug-likeness (QED) is 0.706. The van der Waals surface area contributed by atoms with Crippen molar-refractivity contribution in [3.63, 3.8) is 0 Å². The Morgan fingerprint density at radius 2 is 2.06 bits per heavy atom. The van der Waals surface area contributed by atoms with Crippen molar-refractivity contribution >= 4 is 28.5 Å². The first kappa shape index (κ1) is 13.6. The maximum atomic E-state index is 12.0. The van der Waals surface area contributed by atoms with Gasteiger partial charge in [-0.2, -0.15) is 0 Å². The van der Waals surface area contributed by atoms with Crippen LogP contribution in [0.2, 0.25) is 0 Å². The van der Waals surface area contributed by atoms with Crippen LogP contribution in [-0.4, -0.2) is 28.3 Å². The van der Waals surface area contributed by atoms with Crippen LogP contribution in [0, 0.1) is 3.57 Å². The van der Waals surface area contributed by atoms with E-state index < -0.39 is 6.10 Å². The molecule has 0 aromatic heterocycles. The Balaban J connectivity index is 2.09. The number of benzene rings is 1. The number of aliphatic hydroxyl groups is 1. The maximum absolute atomic E-state index is 12.0. The van der Waals surface area contributed by atoms with Gasteiger partial charge in [-0.15, -0.1) is 0 Å². The lowest BCUT2D eigenvalue weighted by molar-refractivity contribution is 0.0715. The molecule has 0 heterocycles. The number of phenolic OH excluding ortho intramolecular Hbond substituents is 1. The van der Waals surface area contributed by atoms with E-state index in [0.717, 1.165) is 29.3 Å². The van der Waals surface area contributed by atoms with Crippen LogP contribution in [0.4, 0.5) is 0 Å². The predicted molar refractivity (Wildman–Crippen MR) is 76.6 cm³/mol. The van der Waals surface area contributed by atoms with Crippen molar-refractivity contribution in [1.82, 2.24) is 5.32 Å². The molecule has 0 saturated heterocycles. The highest BCUT2D eigenvalue weighted by Gasteiger charge is 2.25. The highest BCUT2D eigenvalue weighted by Crippen LogP contribution is 2.22. The fourth-order valence-corrected chi connectivity index (χ4v) is 2.71. The molecule has 18 heavy (non-hydrogen) atoms. The predicted octanol–water partition coefficient (Wildman–Crippen LogP) is 2.03. The molecule has 98 valence electrons. The van der Waals surface area contributed by atoms with Gasteiger partial charge in [-0.05, 0) is 53.6 Å². The molecule has 1 aliphatic carbocycles. The van der Waals surface area contributed by atoms with Gasteiger partial charge in [0.15, 0.2) is 0 Å². The van der Waals surface area contributed by atoms with Gasteiger partial charge >= 0.3 is 0 Å². The van der Waals surface area contributed by atoms with Gasteiger partial charge in [0.05, 0.1) is 17.7 Å². The molecule has 2 atom stereocenters. The van der Waals surface area contributed by atoms with E-state index in [9.17, 15) is 15.0 Å². The SMILES string of the molecule is O=C(NC1CCCCC1O)c1cc(I)ccc1O. The number of aliphatic hydroxyl groups excluding tert-OH is 1. The number of phenols is 1. The summed E-state index contributed by atoms with van der Waals surface area (Å²) in [6.45, 7) is 0. The molecule has 1 aromatic rings. The summed E-state index contributed by atoms with van der Waals surface area (Å²) in [5.74, 6) is -0.352. The van der Waals surface area contributed by atoms with E-state index in [0.29, 0.717) is 0 Å². The van der Waals surface area contributed by atoms with Crippen molar-refractivity contribution in [2.75, 3.05) is 0 Å². The Labute approximate surface area is 120 Å². The third-order valence-corrected chi connectivity index (χ3v) is 3.92. The molecule has 3 N–H and O–H groups in total. The van der Waals surface area contributed by atoms with E-state index >= 15 is 0 Å². The van der Waals surface area contributed by atoms with Crippen LogP contribution in [-0.2, 0) is 0 Å². The zero-order chi connectivity index (χ0) is 13.1. The molecule has 1 aromatic carbocycles. The fraction of sp³-hybridized carbons (Fsp3) is 0.462. The molecule has 2 unspecified atom stereocenters. The van der Waals surface area contributed by atoms with Crippen molar-refractivity contribution < 1.29 is 15.0 Å². The number of hydrogen-bond acceptors (Lipinski definition) is 3. The molecule has 1 saturated carbocycles. The second-order valence-electron chi connectivity index (χ2n) is 4.59. The van der Waals surface area contributed by atoms with Crippen LogP contribution >= 0.6 is 22.6 Å². The van der Waals surface area contributed by atoms with Gasteiger partial charge in [0, 0.05) is 3.57 Å². The molecule has 1 aliphatic rings. The van der Waals surface area contributed by atoms with E-state index in [1.54, 1.807) is 12.1 Å². The van der Waals surface area contributed by atoms with E-state index in [-0.39, 0.29) is 23.3 Å². The average Bonchev–Trinajstić information content (AvgIpc) is 2.35. The van der Waals surface area contributed by atoms with Gasteiger partial charge in [0.25, 0.3) is 5.91 Å². The summed E-state index contributed by atoms with van der Waals surface area (Å²) >= 11 is 2.09. The minimum Gasteiger partial charge on any atom is -0.507 e. The third-order valence-electron chi connectivity index (χ3n) is 3.25. The molecule has 0 aliphatic heterocycles. The molecule has 2 rings (SSSR count). The molecule has 5 heteroatoms. The molecule has 0 radical (unpaired) electrons. The van der Waals surface area contributed by atoms with Crippen molar-refractivity contribution in [2.24, 2.45) is 0 Å². The highest BCUT2D eigenvalue weighted by molar-refractivity contribution is 14.1. The summed E-state index contributed by atoms with van der Waals surface area (Å²) in [5, 5.41) is 22.3. The van der Waals surface area contributed by atoms with Gasteiger partial charge in [0.1, 0.15) is 5.75 Å². The molecule has 1 amide bonds. The summed E-state index contributed by atoms with van der Waals surface area (Å²) in [6, 6.07) is 4.68. The van der Waals surface area contributed by atoms with E-state index in [1.807, 2.05) is 0 Å². The number of carbonyl (C=O) groups is 1. The van der Waals surface area contributed by atoms with E-state index in [1.165, 1.54) is 6.07 Å². The summed E-state index contributed by atoms with van der Waals surface area (Å²) in [6.07, 6.45) is 3.05. The van der Waals surface area contributed by atoms with Gasteiger partial charge < -0.3 is 15.5 Å². The van der Waals surface area contributed by atoms with Crippen LogP contribution in [0.15, 0.2) is 18.2 Å². The lowest BCUT2D eigenvalue weighted by Gasteiger charge is -2.28. The molecular weight excluding hydrogens is 345 g/mol. The first-order chi connectivity index (χ1) is 8.58. The second kappa shape index (κ2) is 5.88. The topological polar surface area (TPSA) is 69.6 Å². The molecular formula is C13H16INO3. The second-order valence-corrected chi connectivity index (χ2v) is 5.84. The summed E-state index contributed by atoms with van der Waals surface area (Å²) < 4.78 is 0.889. The normalized spacial score (nSPS) is 23.7. The number of aromatic hydroxyl groups is 1. The van der Waals surface area contributed by atoms with Crippen molar-refractivity contribution in [3.05, 3.63) is 27.3 Å². The summed E-state index contributed by atoms with van der Waals surface area (Å²) in [5.41, 5.74) is 0.264. The lowest BCUT2D eigenvalue weighted by atomic mass is 9.92. The zero-order valence-electron chi connectivity index (χ0n) is 9.90. The van der Waals surface area contributed by atoms with Crippen LogP contribution in [0.3, 0.4) is 0 Å². The first-order valence-corrected chi connectivity index (χ1v) is 7.13. The highest BCUT2D eigenvalue weighted by atomic mass is 127. The van der Waals surface area contributed by atoms with Crippen LogP contribution < -0.4 is 5.32 Å². The standard InChI is InChI=1S/C13H16INO3/c14-8-5-6-11(16)9(7-8)13(18)15-10-3-1-2-4-12(10)17/h5-7,10,12,16-17H,1-4H2,(H,15,18). The minimum atomic E-state index is -0.479. The Hall–Kier alpha value is -0.820. The Bertz CT molecular complexity index is 450. The number of halogens is 1. The van der Waals surface area contributed by atoms with Gasteiger partial charge in [-0.3, -0.25) is 4.79 Å². The van der Waals surface area contributed by atoms with Crippen molar-refractivity contribution in [2.45, 2.75) is 37.8 Å². The maximum Gasteiger partial charge on any atom is 0.255 e. The van der Waals surface area contributed by atoms with Gasteiger partial charge in [-0.25, -0.2) is 0 Å². The van der Waals surface area contributed by atoms with Crippen LogP contribution in [0.1, 0.15) is 36.0 Å². The van der Waals surface area contributed by atoms with E-state index in [4.69, 9.17) is 0 Å².